The number of carbonyl (C=O) groups is 2. The number of thioether (sulfide) groups is 1. The second-order valence-electron chi connectivity index (χ2n) is 5.67. The van der Waals surface area contributed by atoms with Crippen LogP contribution in [0.2, 0.25) is 5.02 Å². The molecule has 1 fully saturated rings. The molecule has 1 aliphatic heterocycles. The molecule has 27 heavy (non-hydrogen) atoms. The van der Waals surface area contributed by atoms with Crippen molar-refractivity contribution < 1.29 is 9.59 Å². The highest BCUT2D eigenvalue weighted by Gasteiger charge is 2.32. The van der Waals surface area contributed by atoms with Gasteiger partial charge in [0, 0.05) is 23.2 Å². The average Bonchev–Trinajstić information content (AvgIpc) is 3.02. The van der Waals surface area contributed by atoms with Crippen molar-refractivity contribution in [3.63, 3.8) is 0 Å². The highest BCUT2D eigenvalue weighted by atomic mass is 35.5. The van der Waals surface area contributed by atoms with Gasteiger partial charge in [-0.2, -0.15) is 5.10 Å². The van der Waals surface area contributed by atoms with Crippen LogP contribution in [0.3, 0.4) is 0 Å². The van der Waals surface area contributed by atoms with Gasteiger partial charge in [-0.1, -0.05) is 59.8 Å². The Bertz CT molecular complexity index is 909. The van der Waals surface area contributed by atoms with E-state index in [0.717, 1.165) is 5.56 Å². The van der Waals surface area contributed by atoms with Gasteiger partial charge in [0.05, 0.1) is 5.25 Å². The van der Waals surface area contributed by atoms with Gasteiger partial charge in [0.25, 0.3) is 0 Å². The van der Waals surface area contributed by atoms with Crippen molar-refractivity contribution in [2.75, 3.05) is 0 Å². The average molecular weight is 398 g/mol. The Labute approximate surface area is 166 Å². The summed E-state index contributed by atoms with van der Waals surface area (Å²) in [5.41, 5.74) is 1.59. The maximum absolute atomic E-state index is 12.3. The van der Waals surface area contributed by atoms with Crippen molar-refractivity contribution in [1.29, 1.82) is 0 Å². The molecule has 5 nitrogen and oxygen atoms in total. The zero-order chi connectivity index (χ0) is 19.1. The Morgan fingerprint density at radius 1 is 1.15 bits per heavy atom. The monoisotopic (exact) mass is 397 g/mol. The molecule has 0 spiro atoms. The SMILES string of the molecule is O=C(C[C@@H]1S/C(=N/N=C\C=C\c2ccccc2)NC1=O)c1ccc(Cl)cc1. The van der Waals surface area contributed by atoms with E-state index in [-0.39, 0.29) is 18.1 Å². The summed E-state index contributed by atoms with van der Waals surface area (Å²) in [5.74, 6) is -0.356. The van der Waals surface area contributed by atoms with Gasteiger partial charge < -0.3 is 5.32 Å². The summed E-state index contributed by atoms with van der Waals surface area (Å²) in [6.07, 6.45) is 5.30. The molecule has 0 unspecified atom stereocenters. The van der Waals surface area contributed by atoms with Gasteiger partial charge in [-0.15, -0.1) is 5.10 Å². The van der Waals surface area contributed by atoms with Crippen LogP contribution in [0.1, 0.15) is 22.3 Å². The lowest BCUT2D eigenvalue weighted by Gasteiger charge is -2.04. The van der Waals surface area contributed by atoms with Crippen LogP contribution in [0.15, 0.2) is 70.9 Å². The molecular formula is C20H16ClN3O2S. The molecule has 1 aliphatic rings. The third kappa shape index (κ3) is 5.64. The first kappa shape index (κ1) is 19.1. The number of nitrogens with one attached hydrogen (secondary N) is 1. The van der Waals surface area contributed by atoms with Crippen molar-refractivity contribution >= 4 is 52.5 Å². The molecule has 7 heteroatoms. The molecule has 2 aromatic rings. The summed E-state index contributed by atoms with van der Waals surface area (Å²) >= 11 is 7.03. The van der Waals surface area contributed by atoms with E-state index in [1.54, 1.807) is 36.6 Å². The molecule has 3 rings (SSSR count). The van der Waals surface area contributed by atoms with Crippen LogP contribution in [-0.4, -0.2) is 28.3 Å². The molecule has 1 saturated heterocycles. The maximum Gasteiger partial charge on any atom is 0.240 e. The first-order valence-corrected chi connectivity index (χ1v) is 9.46. The van der Waals surface area contributed by atoms with Crippen molar-refractivity contribution in [3.8, 4) is 0 Å². The fourth-order valence-corrected chi connectivity index (χ4v) is 3.40. The highest BCUT2D eigenvalue weighted by molar-refractivity contribution is 8.15. The minimum absolute atomic E-state index is 0.0920. The first-order valence-electron chi connectivity index (χ1n) is 8.21. The predicted molar refractivity (Wildman–Crippen MR) is 111 cm³/mol. The van der Waals surface area contributed by atoms with E-state index in [2.05, 4.69) is 15.5 Å². The molecule has 0 radical (unpaired) electrons. The summed E-state index contributed by atoms with van der Waals surface area (Å²) < 4.78 is 0. The number of amidine groups is 1. The van der Waals surface area contributed by atoms with E-state index in [0.29, 0.717) is 15.8 Å². The van der Waals surface area contributed by atoms with E-state index >= 15 is 0 Å². The third-order valence-electron chi connectivity index (χ3n) is 3.70. The summed E-state index contributed by atoms with van der Waals surface area (Å²) in [4.78, 5) is 24.3. The van der Waals surface area contributed by atoms with Crippen LogP contribution in [0.5, 0.6) is 0 Å². The van der Waals surface area contributed by atoms with Gasteiger partial charge in [-0.25, -0.2) is 0 Å². The van der Waals surface area contributed by atoms with Gasteiger partial charge in [-0.05, 0) is 35.9 Å². The Morgan fingerprint density at radius 3 is 2.63 bits per heavy atom. The molecule has 0 bridgehead atoms. The van der Waals surface area contributed by atoms with Gasteiger partial charge >= 0.3 is 0 Å². The number of ketones is 1. The number of rotatable bonds is 6. The highest BCUT2D eigenvalue weighted by Crippen LogP contribution is 2.24. The van der Waals surface area contributed by atoms with Crippen molar-refractivity contribution in [2.45, 2.75) is 11.7 Å². The fraction of sp³-hybridized carbons (Fsp3) is 0.100. The molecule has 1 heterocycles. The summed E-state index contributed by atoms with van der Waals surface area (Å²) in [7, 11) is 0. The second-order valence-corrected chi connectivity index (χ2v) is 7.30. The number of hydrogen-bond donors (Lipinski definition) is 1. The van der Waals surface area contributed by atoms with E-state index in [4.69, 9.17) is 11.6 Å². The van der Waals surface area contributed by atoms with Crippen LogP contribution in [0, 0.1) is 0 Å². The minimum Gasteiger partial charge on any atom is -0.303 e. The molecule has 1 N–H and O–H groups in total. The fourth-order valence-electron chi connectivity index (χ4n) is 2.35. The molecule has 1 amide bonds. The van der Waals surface area contributed by atoms with Crippen molar-refractivity contribution in [3.05, 3.63) is 76.8 Å². The number of allylic oxidation sites excluding steroid dienone is 1. The number of amides is 1. The quantitative estimate of drug-likeness (QED) is 0.451. The van der Waals surface area contributed by atoms with Crippen LogP contribution in [0.25, 0.3) is 6.08 Å². The van der Waals surface area contributed by atoms with Crippen LogP contribution < -0.4 is 5.32 Å². The van der Waals surface area contributed by atoms with E-state index in [1.165, 1.54) is 11.8 Å². The van der Waals surface area contributed by atoms with Crippen LogP contribution in [0.4, 0.5) is 0 Å². The lowest BCUT2D eigenvalue weighted by Crippen LogP contribution is -2.26. The van der Waals surface area contributed by atoms with Crippen LogP contribution >= 0.6 is 23.4 Å². The predicted octanol–water partition coefficient (Wildman–Crippen LogP) is 4.20. The zero-order valence-electron chi connectivity index (χ0n) is 14.2. The summed E-state index contributed by atoms with van der Waals surface area (Å²) in [5, 5.41) is 11.0. The van der Waals surface area contributed by atoms with Gasteiger partial charge in [-0.3, -0.25) is 9.59 Å². The van der Waals surface area contributed by atoms with E-state index in [9.17, 15) is 9.59 Å². The maximum atomic E-state index is 12.3. The van der Waals surface area contributed by atoms with Gasteiger partial charge in [0.1, 0.15) is 0 Å². The van der Waals surface area contributed by atoms with Crippen LogP contribution in [-0.2, 0) is 4.79 Å². The molecular weight excluding hydrogens is 382 g/mol. The standard InChI is InChI=1S/C20H16ClN3O2S/c21-16-10-8-15(9-11-16)17(25)13-18-19(26)23-20(27-18)24-22-12-4-7-14-5-2-1-3-6-14/h1-12,18H,13H2,(H,23,24,26)/b7-4+,22-12-/t18-/m0/s1. The van der Waals surface area contributed by atoms with Crippen molar-refractivity contribution in [1.82, 2.24) is 5.32 Å². The topological polar surface area (TPSA) is 70.9 Å². The number of Topliss-reactive ketones (excluding diaryl/α,β-unsaturated/α-hetero) is 1. The zero-order valence-corrected chi connectivity index (χ0v) is 15.8. The number of hydrogen-bond acceptors (Lipinski definition) is 5. The second kappa shape index (κ2) is 9.30. The number of benzene rings is 2. The molecule has 0 aliphatic carbocycles. The van der Waals surface area contributed by atoms with E-state index in [1.807, 2.05) is 36.4 Å². The number of halogens is 1. The molecule has 0 saturated carbocycles. The third-order valence-corrected chi connectivity index (χ3v) is 5.03. The summed E-state index contributed by atoms with van der Waals surface area (Å²) in [6.45, 7) is 0. The molecule has 0 aromatic heterocycles. The number of nitrogens with zero attached hydrogens (tertiary/aromatic N) is 2. The summed E-state index contributed by atoms with van der Waals surface area (Å²) in [6, 6.07) is 16.4. The molecule has 1 atom stereocenters. The first-order chi connectivity index (χ1) is 13.1. The smallest absolute Gasteiger partial charge is 0.240 e. The largest absolute Gasteiger partial charge is 0.303 e. The molecule has 136 valence electrons. The Morgan fingerprint density at radius 2 is 1.89 bits per heavy atom. The lowest BCUT2D eigenvalue weighted by atomic mass is 10.1. The Balaban J connectivity index is 1.54. The van der Waals surface area contributed by atoms with Crippen molar-refractivity contribution in [2.24, 2.45) is 10.2 Å². The number of carbonyl (C=O) groups excluding carboxylic acids is 2. The van der Waals surface area contributed by atoms with Gasteiger partial charge in [0.2, 0.25) is 5.91 Å². The normalized spacial score (nSPS) is 18.5. The Hall–Kier alpha value is -2.70. The Kier molecular flexibility index (Phi) is 6.57. The minimum atomic E-state index is -0.512. The lowest BCUT2D eigenvalue weighted by molar-refractivity contribution is -0.118. The molecule has 2 aromatic carbocycles. The van der Waals surface area contributed by atoms with Gasteiger partial charge in [0.15, 0.2) is 11.0 Å². The van der Waals surface area contributed by atoms with E-state index < -0.39 is 5.25 Å².